The molecule has 2 aromatic rings. The highest BCUT2D eigenvalue weighted by molar-refractivity contribution is 7.52. The van der Waals surface area contributed by atoms with Crippen molar-refractivity contribution in [3.63, 3.8) is 0 Å². The lowest BCUT2D eigenvalue weighted by Crippen LogP contribution is -2.35. The Morgan fingerprint density at radius 3 is 2.69 bits per heavy atom. The molecule has 2 heterocycles. The third kappa shape index (κ3) is 5.83. The van der Waals surface area contributed by atoms with Gasteiger partial charge in [-0.05, 0) is 32.1 Å². The molecule has 1 aromatic heterocycles. The van der Waals surface area contributed by atoms with Crippen LogP contribution in [0, 0.1) is 6.92 Å². The fourth-order valence-electron chi connectivity index (χ4n) is 2.87. The van der Waals surface area contributed by atoms with Crippen LogP contribution in [0.5, 0.6) is 5.75 Å². The molecule has 12 heteroatoms. The van der Waals surface area contributed by atoms with Gasteiger partial charge in [0.25, 0.3) is 5.56 Å². The monoisotopic (exact) mass is 465 g/mol. The summed E-state index contributed by atoms with van der Waals surface area (Å²) in [5, 5.41) is 2.54. The van der Waals surface area contributed by atoms with E-state index in [1.54, 1.807) is 49.4 Å². The molecule has 0 aliphatic carbocycles. The van der Waals surface area contributed by atoms with Crippen LogP contribution in [0.2, 0.25) is 0 Å². The second-order valence-electron chi connectivity index (χ2n) is 7.00. The van der Waals surface area contributed by atoms with Crippen LogP contribution in [-0.4, -0.2) is 41.4 Å². The molecule has 1 aromatic carbocycles. The summed E-state index contributed by atoms with van der Waals surface area (Å²) >= 11 is 0. The smallest absolute Gasteiger partial charge is 0.459 e. The number of nitrogens with one attached hydrogen (secondary N) is 2. The lowest BCUT2D eigenvalue weighted by molar-refractivity contribution is -0.142. The Kier molecular flexibility index (Phi) is 7.47. The van der Waals surface area contributed by atoms with Crippen molar-refractivity contribution < 1.29 is 27.9 Å². The molecular weight excluding hydrogens is 441 g/mol. The number of hydrogen-bond donors (Lipinski definition) is 2. The van der Waals surface area contributed by atoms with E-state index in [4.69, 9.17) is 13.8 Å². The maximum atomic E-state index is 13.3. The zero-order valence-corrected chi connectivity index (χ0v) is 18.6. The summed E-state index contributed by atoms with van der Waals surface area (Å²) < 4.78 is 36.0. The Morgan fingerprint density at radius 2 is 2.00 bits per heavy atom. The van der Waals surface area contributed by atoms with E-state index in [-0.39, 0.29) is 12.4 Å². The predicted octanol–water partition coefficient (Wildman–Crippen LogP) is 1.65. The van der Waals surface area contributed by atoms with Crippen molar-refractivity contribution in [2.75, 3.05) is 13.7 Å². The van der Waals surface area contributed by atoms with Crippen molar-refractivity contribution >= 4 is 13.7 Å². The summed E-state index contributed by atoms with van der Waals surface area (Å²) in [5.41, 5.74) is -0.746. The summed E-state index contributed by atoms with van der Waals surface area (Å²) in [4.78, 5) is 37.6. The number of benzene rings is 1. The number of carbonyl (C=O) groups excluding carboxylic acids is 1. The summed E-state index contributed by atoms with van der Waals surface area (Å²) in [5.74, 6) is -0.369. The molecule has 1 aliphatic rings. The topological polar surface area (TPSA) is 138 Å². The molecule has 4 atom stereocenters. The third-order valence-corrected chi connectivity index (χ3v) is 6.15. The first-order valence-electron chi connectivity index (χ1n) is 9.71. The molecule has 172 valence electrons. The van der Waals surface area contributed by atoms with E-state index in [1.807, 2.05) is 0 Å². The van der Waals surface area contributed by atoms with Crippen LogP contribution in [-0.2, 0) is 23.4 Å². The molecular formula is C20H24N3O8P. The largest absolute Gasteiger partial charge is 0.468 e. The number of aryl methyl sites for hydroxylation is 1. The van der Waals surface area contributed by atoms with E-state index in [1.165, 1.54) is 24.8 Å². The second kappa shape index (κ2) is 10.1. The zero-order valence-electron chi connectivity index (χ0n) is 17.7. The minimum Gasteiger partial charge on any atom is -0.468 e. The van der Waals surface area contributed by atoms with Gasteiger partial charge in [-0.15, -0.1) is 0 Å². The van der Waals surface area contributed by atoms with Crippen molar-refractivity contribution in [1.82, 2.24) is 14.6 Å². The number of para-hydroxylation sites is 1. The lowest BCUT2D eigenvalue weighted by Gasteiger charge is -2.24. The van der Waals surface area contributed by atoms with Crippen LogP contribution in [0.15, 0.2) is 58.3 Å². The Labute approximate surface area is 183 Å². The van der Waals surface area contributed by atoms with Crippen LogP contribution in [0.1, 0.15) is 18.7 Å². The van der Waals surface area contributed by atoms with Gasteiger partial charge in [0, 0.05) is 11.8 Å². The number of carbonyl (C=O) groups is 1. The number of esters is 1. The molecule has 32 heavy (non-hydrogen) atoms. The number of aromatic nitrogens is 2. The third-order valence-electron chi connectivity index (χ3n) is 4.51. The van der Waals surface area contributed by atoms with Gasteiger partial charge in [-0.25, -0.2) is 9.36 Å². The Balaban J connectivity index is 1.69. The Hall–Kier alpha value is -2.98. The van der Waals surface area contributed by atoms with Crippen LogP contribution < -0.4 is 20.9 Å². The molecule has 0 spiro atoms. The highest BCUT2D eigenvalue weighted by atomic mass is 31.2. The molecule has 0 bridgehead atoms. The maximum absolute atomic E-state index is 13.3. The Bertz CT molecular complexity index is 1140. The minimum absolute atomic E-state index is 0.199. The lowest BCUT2D eigenvalue weighted by atomic mass is 10.3. The highest BCUT2D eigenvalue weighted by Gasteiger charge is 2.34. The molecule has 0 amide bonds. The molecule has 3 rings (SSSR count). The standard InChI is InChI=1S/C20H24N3O8P/c1-13-11-23(20(26)21-18(13)24)17-10-9-16(30-17)12-29-32(27,22-14(2)19(25)28-3)31-15-7-5-4-6-8-15/h4-11,14,16-17H,12H2,1-3H3,(H,22,27)(H,21,24,26)/t14?,16-,17+,32?/m0/s1. The van der Waals surface area contributed by atoms with Gasteiger partial charge in [-0.2, -0.15) is 5.09 Å². The van der Waals surface area contributed by atoms with Gasteiger partial charge in [-0.3, -0.25) is 23.7 Å². The molecule has 0 fully saturated rings. The van der Waals surface area contributed by atoms with Crippen molar-refractivity contribution in [3.8, 4) is 5.75 Å². The van der Waals surface area contributed by atoms with E-state index in [0.29, 0.717) is 5.56 Å². The SMILES string of the molecule is COC(=O)C(C)NP(=O)(OC[C@@H]1C=C[C@H](n2cc(C)c(=O)[nH]c2=O)O1)Oc1ccccc1. The molecule has 2 unspecified atom stereocenters. The van der Waals surface area contributed by atoms with E-state index >= 15 is 0 Å². The summed E-state index contributed by atoms with van der Waals surface area (Å²) in [7, 11) is -2.80. The van der Waals surface area contributed by atoms with E-state index < -0.39 is 43.3 Å². The fourth-order valence-corrected chi connectivity index (χ4v) is 4.37. The van der Waals surface area contributed by atoms with Gasteiger partial charge in [-0.1, -0.05) is 24.3 Å². The molecule has 0 radical (unpaired) electrons. The van der Waals surface area contributed by atoms with Crippen molar-refractivity contribution in [3.05, 3.63) is 75.1 Å². The van der Waals surface area contributed by atoms with Crippen molar-refractivity contribution in [2.24, 2.45) is 0 Å². The quantitative estimate of drug-likeness (QED) is 0.322. The number of aromatic amines is 1. The normalized spacial score (nSPS) is 20.5. The van der Waals surface area contributed by atoms with E-state index in [9.17, 15) is 18.9 Å². The average Bonchev–Trinajstić information content (AvgIpc) is 3.23. The van der Waals surface area contributed by atoms with Gasteiger partial charge >= 0.3 is 19.4 Å². The maximum Gasteiger partial charge on any atom is 0.459 e. The number of H-pyrrole nitrogens is 1. The molecule has 1 aliphatic heterocycles. The molecule has 2 N–H and O–H groups in total. The Morgan fingerprint density at radius 1 is 1.28 bits per heavy atom. The number of hydrogen-bond acceptors (Lipinski definition) is 8. The second-order valence-corrected chi connectivity index (χ2v) is 8.69. The number of nitrogens with zero attached hydrogens (tertiary/aromatic N) is 1. The summed E-state index contributed by atoms with van der Waals surface area (Å²) in [6.45, 7) is 2.83. The highest BCUT2D eigenvalue weighted by Crippen LogP contribution is 2.45. The molecule has 0 saturated heterocycles. The van der Waals surface area contributed by atoms with Crippen molar-refractivity contribution in [2.45, 2.75) is 32.2 Å². The van der Waals surface area contributed by atoms with Crippen LogP contribution in [0.25, 0.3) is 0 Å². The first kappa shape index (κ1) is 23.7. The van der Waals surface area contributed by atoms with Gasteiger partial charge in [0.1, 0.15) is 17.9 Å². The molecule has 0 saturated carbocycles. The van der Waals surface area contributed by atoms with Crippen LogP contribution in [0.3, 0.4) is 0 Å². The molecule has 11 nitrogen and oxygen atoms in total. The van der Waals surface area contributed by atoms with E-state index in [2.05, 4.69) is 14.8 Å². The van der Waals surface area contributed by atoms with Gasteiger partial charge in [0.05, 0.1) is 13.7 Å². The number of methoxy groups -OCH3 is 1. The minimum atomic E-state index is -4.01. The first-order chi connectivity index (χ1) is 15.2. The van der Waals surface area contributed by atoms with Gasteiger partial charge < -0.3 is 14.0 Å². The predicted molar refractivity (Wildman–Crippen MR) is 114 cm³/mol. The number of rotatable bonds is 9. The van der Waals surface area contributed by atoms with Crippen molar-refractivity contribution in [1.29, 1.82) is 0 Å². The average molecular weight is 465 g/mol. The van der Waals surface area contributed by atoms with E-state index in [0.717, 1.165) is 0 Å². The fraction of sp³-hybridized carbons (Fsp3) is 0.350. The zero-order chi connectivity index (χ0) is 23.3. The summed E-state index contributed by atoms with van der Waals surface area (Å²) in [6, 6.07) is 7.37. The van der Waals surface area contributed by atoms with Crippen LogP contribution in [0.4, 0.5) is 0 Å². The number of ether oxygens (including phenoxy) is 2. The first-order valence-corrected chi connectivity index (χ1v) is 11.3. The van der Waals surface area contributed by atoms with Crippen LogP contribution >= 0.6 is 7.75 Å². The van der Waals surface area contributed by atoms with Gasteiger partial charge in [0.15, 0.2) is 6.23 Å². The van der Waals surface area contributed by atoms with Gasteiger partial charge in [0.2, 0.25) is 0 Å². The summed E-state index contributed by atoms with van der Waals surface area (Å²) in [6.07, 6.45) is 3.20.